The van der Waals surface area contributed by atoms with Crippen LogP contribution in [0.1, 0.15) is 13.8 Å². The van der Waals surface area contributed by atoms with Crippen LogP contribution >= 0.6 is 39.1 Å². The van der Waals surface area contributed by atoms with Crippen LogP contribution in [-0.4, -0.2) is 45.5 Å². The summed E-state index contributed by atoms with van der Waals surface area (Å²) in [5.41, 5.74) is 0. The normalized spacial score (nSPS) is 12.2. The quantitative estimate of drug-likeness (QED) is 0.485. The topological polar surface area (TPSA) is 131 Å². The number of nitrogens with one attached hydrogen (secondary N) is 3. The van der Waals surface area contributed by atoms with E-state index >= 15 is 0 Å². The van der Waals surface area contributed by atoms with Crippen LogP contribution in [-0.2, 0) is 24.3 Å². The number of rotatable bonds is 7. The van der Waals surface area contributed by atoms with Gasteiger partial charge in [-0.1, -0.05) is 39.1 Å². The first-order valence-corrected chi connectivity index (χ1v) is 10.4. The van der Waals surface area contributed by atoms with Gasteiger partial charge in [0.2, 0.25) is 10.0 Å². The Labute approximate surface area is 174 Å². The average Bonchev–Trinajstić information content (AvgIpc) is 2.51. The molecular weight excluding hydrogens is 489 g/mol. The third kappa shape index (κ3) is 7.26. The minimum Gasteiger partial charge on any atom is -0.452 e. The summed E-state index contributed by atoms with van der Waals surface area (Å²) >= 11 is 14.9. The molecule has 1 aromatic carbocycles. The number of hydrogen-bond acceptors (Lipinski definition) is 6. The van der Waals surface area contributed by atoms with Gasteiger partial charge < -0.3 is 10.1 Å². The Bertz CT molecular complexity index is 826. The Kier molecular flexibility index (Phi) is 8.95. The zero-order valence-corrected chi connectivity index (χ0v) is 18.1. The van der Waals surface area contributed by atoms with Crippen LogP contribution in [0, 0.1) is 0 Å². The number of carbonyl (C=O) groups excluding carboxylic acids is 3. The van der Waals surface area contributed by atoms with Gasteiger partial charge >= 0.3 is 12.0 Å². The highest BCUT2D eigenvalue weighted by Crippen LogP contribution is 2.32. The number of benzene rings is 1. The molecule has 0 saturated heterocycles. The lowest BCUT2D eigenvalue weighted by molar-refractivity contribution is -0.153. The van der Waals surface area contributed by atoms with Crippen molar-refractivity contribution in [1.29, 1.82) is 0 Å². The van der Waals surface area contributed by atoms with E-state index in [0.29, 0.717) is 11.0 Å². The van der Waals surface area contributed by atoms with E-state index < -0.39 is 45.5 Å². The van der Waals surface area contributed by atoms with Crippen molar-refractivity contribution in [3.05, 3.63) is 26.7 Å². The summed E-state index contributed by atoms with van der Waals surface area (Å²) in [5, 5.41) is 3.99. The second kappa shape index (κ2) is 10.2. The third-order valence-electron chi connectivity index (χ3n) is 2.89. The van der Waals surface area contributed by atoms with Crippen LogP contribution in [0.2, 0.25) is 10.0 Å². The maximum Gasteiger partial charge on any atom is 0.321 e. The van der Waals surface area contributed by atoms with E-state index in [4.69, 9.17) is 27.9 Å². The Morgan fingerprint density at radius 3 is 2.30 bits per heavy atom. The fourth-order valence-corrected chi connectivity index (χ4v) is 4.62. The van der Waals surface area contributed by atoms with Crippen molar-refractivity contribution in [2.24, 2.45) is 0 Å². The molecule has 9 nitrogen and oxygen atoms in total. The molecule has 13 heteroatoms. The second-order valence-electron chi connectivity index (χ2n) is 5.00. The van der Waals surface area contributed by atoms with E-state index in [1.54, 1.807) is 6.92 Å². The van der Waals surface area contributed by atoms with Gasteiger partial charge in [0.25, 0.3) is 5.91 Å². The van der Waals surface area contributed by atoms with E-state index in [-0.39, 0.29) is 10.0 Å². The van der Waals surface area contributed by atoms with Gasteiger partial charge in [0.15, 0.2) is 6.10 Å². The van der Waals surface area contributed by atoms with Crippen LogP contribution in [0.4, 0.5) is 4.79 Å². The van der Waals surface area contributed by atoms with Crippen molar-refractivity contribution in [2.45, 2.75) is 24.8 Å². The zero-order chi connectivity index (χ0) is 20.8. The monoisotopic (exact) mass is 503 g/mol. The highest BCUT2D eigenvalue weighted by Gasteiger charge is 2.25. The molecule has 0 bridgehead atoms. The van der Waals surface area contributed by atoms with Crippen molar-refractivity contribution in [3.8, 4) is 0 Å². The molecule has 1 atom stereocenters. The predicted molar refractivity (Wildman–Crippen MR) is 102 cm³/mol. The Morgan fingerprint density at radius 1 is 1.22 bits per heavy atom. The molecule has 0 spiro atoms. The lowest BCUT2D eigenvalue weighted by Gasteiger charge is -2.14. The smallest absolute Gasteiger partial charge is 0.321 e. The molecule has 27 heavy (non-hydrogen) atoms. The second-order valence-corrected chi connectivity index (χ2v) is 8.44. The lowest BCUT2D eigenvalue weighted by atomic mass is 10.4. The van der Waals surface area contributed by atoms with Crippen LogP contribution < -0.4 is 15.4 Å². The standard InChI is InChI=1S/C14H16BrCl2N3O6S/c1-3-18-14(23)20-13(22)7(2)26-11(21)6-19-27(24,25)12-9(16)4-8(15)5-10(12)17/h4-5,7,19H,3,6H2,1-2H3,(H2,18,20,22,23)/t7-/m1/s1. The Hall–Kier alpha value is -1.40. The van der Waals surface area contributed by atoms with Gasteiger partial charge in [0, 0.05) is 11.0 Å². The number of amides is 3. The molecular formula is C14H16BrCl2N3O6S. The minimum absolute atomic E-state index is 0.148. The van der Waals surface area contributed by atoms with Crippen LogP contribution in [0.15, 0.2) is 21.5 Å². The Balaban J connectivity index is 2.68. The number of esters is 1. The molecule has 3 amide bonds. The summed E-state index contributed by atoms with van der Waals surface area (Å²) in [4.78, 5) is 34.3. The maximum atomic E-state index is 12.3. The lowest BCUT2D eigenvalue weighted by Crippen LogP contribution is -2.45. The molecule has 1 aromatic rings. The predicted octanol–water partition coefficient (Wildman–Crippen LogP) is 1.81. The number of sulfonamides is 1. The molecule has 0 aliphatic heterocycles. The van der Waals surface area contributed by atoms with Crippen molar-refractivity contribution >= 4 is 67.1 Å². The summed E-state index contributed by atoms with van der Waals surface area (Å²) in [5.74, 6) is -1.90. The van der Waals surface area contributed by atoms with Gasteiger partial charge in [-0.2, -0.15) is 4.72 Å². The fraction of sp³-hybridized carbons (Fsp3) is 0.357. The Morgan fingerprint density at radius 2 is 1.78 bits per heavy atom. The number of carbonyl (C=O) groups is 3. The first kappa shape index (κ1) is 23.6. The van der Waals surface area contributed by atoms with Gasteiger partial charge in [0.1, 0.15) is 11.4 Å². The number of urea groups is 1. The van der Waals surface area contributed by atoms with E-state index in [0.717, 1.165) is 0 Å². The molecule has 0 aliphatic carbocycles. The van der Waals surface area contributed by atoms with E-state index in [9.17, 15) is 22.8 Å². The van der Waals surface area contributed by atoms with Crippen LogP contribution in [0.25, 0.3) is 0 Å². The van der Waals surface area contributed by atoms with Crippen molar-refractivity contribution in [3.63, 3.8) is 0 Å². The molecule has 150 valence electrons. The summed E-state index contributed by atoms with van der Waals surface area (Å²) in [6.45, 7) is 2.41. The largest absolute Gasteiger partial charge is 0.452 e. The third-order valence-corrected chi connectivity index (χ3v) is 5.67. The first-order valence-electron chi connectivity index (χ1n) is 7.40. The molecule has 0 radical (unpaired) electrons. The van der Waals surface area contributed by atoms with Crippen molar-refractivity contribution < 1.29 is 27.5 Å². The van der Waals surface area contributed by atoms with E-state index in [1.807, 2.05) is 10.0 Å². The van der Waals surface area contributed by atoms with Gasteiger partial charge in [-0.15, -0.1) is 0 Å². The maximum absolute atomic E-state index is 12.3. The van der Waals surface area contributed by atoms with Gasteiger partial charge in [-0.3, -0.25) is 14.9 Å². The number of imide groups is 1. The van der Waals surface area contributed by atoms with Crippen molar-refractivity contribution in [1.82, 2.24) is 15.4 Å². The molecule has 0 fully saturated rings. The summed E-state index contributed by atoms with van der Waals surface area (Å²) in [6.07, 6.45) is -1.32. The molecule has 3 N–H and O–H groups in total. The molecule has 0 saturated carbocycles. The zero-order valence-electron chi connectivity index (χ0n) is 14.1. The number of halogens is 3. The number of ether oxygens (including phenoxy) is 1. The molecule has 0 aliphatic rings. The van der Waals surface area contributed by atoms with Gasteiger partial charge in [-0.05, 0) is 26.0 Å². The van der Waals surface area contributed by atoms with E-state index in [2.05, 4.69) is 21.2 Å². The molecule has 1 rings (SSSR count). The number of hydrogen-bond donors (Lipinski definition) is 3. The van der Waals surface area contributed by atoms with E-state index in [1.165, 1.54) is 19.1 Å². The SMILES string of the molecule is CCNC(=O)NC(=O)[C@@H](C)OC(=O)CNS(=O)(=O)c1c(Cl)cc(Br)cc1Cl. The average molecular weight is 505 g/mol. The summed E-state index contributed by atoms with van der Waals surface area (Å²) < 4.78 is 31.8. The van der Waals surface area contributed by atoms with Crippen LogP contribution in [0.5, 0.6) is 0 Å². The van der Waals surface area contributed by atoms with Gasteiger partial charge in [-0.25, -0.2) is 13.2 Å². The minimum atomic E-state index is -4.22. The molecule has 0 aromatic heterocycles. The summed E-state index contributed by atoms with van der Waals surface area (Å²) in [7, 11) is -4.22. The van der Waals surface area contributed by atoms with Crippen molar-refractivity contribution in [2.75, 3.05) is 13.1 Å². The van der Waals surface area contributed by atoms with Crippen LogP contribution in [0.3, 0.4) is 0 Å². The highest BCUT2D eigenvalue weighted by atomic mass is 79.9. The molecule has 0 heterocycles. The molecule has 0 unspecified atom stereocenters. The highest BCUT2D eigenvalue weighted by molar-refractivity contribution is 9.10. The van der Waals surface area contributed by atoms with Gasteiger partial charge in [0.05, 0.1) is 10.0 Å². The first-order chi connectivity index (χ1) is 12.5. The fourth-order valence-electron chi connectivity index (χ4n) is 1.72. The summed E-state index contributed by atoms with van der Waals surface area (Å²) in [6, 6.07) is 1.91.